The number of aliphatic hydroxyl groups is 1. The van der Waals surface area contributed by atoms with Gasteiger partial charge in [-0.2, -0.15) is 17.4 Å². The number of hydrogen-bond donors (Lipinski definition) is 2. The molecule has 2 rings (SSSR count). The first kappa shape index (κ1) is 16.9. The van der Waals surface area contributed by atoms with Crippen LogP contribution in [0.25, 0.3) is 0 Å². The van der Waals surface area contributed by atoms with Crippen LogP contribution in [0.15, 0.2) is 28.7 Å². The average molecular weight is 377 g/mol. The van der Waals surface area contributed by atoms with Crippen molar-refractivity contribution in [3.05, 3.63) is 34.3 Å². The lowest BCUT2D eigenvalue weighted by Gasteiger charge is -2.34. The van der Waals surface area contributed by atoms with Crippen molar-refractivity contribution in [2.24, 2.45) is 0 Å². The number of aliphatic hydroxyl groups excluding tert-OH is 1. The second-order valence-corrected chi connectivity index (χ2v) is 7.91. The molecule has 1 heterocycles. The van der Waals surface area contributed by atoms with Crippen molar-refractivity contribution in [1.82, 2.24) is 9.03 Å². The van der Waals surface area contributed by atoms with E-state index in [-0.39, 0.29) is 18.7 Å². The number of nitrogens with one attached hydrogen (secondary N) is 1. The normalized spacial score (nSPS) is 22.1. The number of hydrogen-bond acceptors (Lipinski definition) is 3. The fourth-order valence-corrected chi connectivity index (χ4v) is 4.50. The van der Waals surface area contributed by atoms with Gasteiger partial charge >= 0.3 is 0 Å². The van der Waals surface area contributed by atoms with E-state index in [0.717, 1.165) is 22.9 Å². The highest BCUT2D eigenvalue weighted by atomic mass is 79.9. The average Bonchev–Trinajstić information content (AvgIpc) is 2.47. The van der Waals surface area contributed by atoms with Gasteiger partial charge in [-0.25, -0.2) is 0 Å². The highest BCUT2D eigenvalue weighted by molar-refractivity contribution is 9.10. The lowest BCUT2D eigenvalue weighted by atomic mass is 10.1. The van der Waals surface area contributed by atoms with Crippen LogP contribution in [0.1, 0.15) is 37.8 Å². The number of nitrogens with zero attached hydrogens (tertiary/aromatic N) is 1. The molecule has 1 aliphatic heterocycles. The van der Waals surface area contributed by atoms with E-state index in [1.54, 1.807) is 0 Å². The molecular formula is C14H21BrN2O3S. The Morgan fingerprint density at radius 3 is 2.67 bits per heavy atom. The Balaban J connectivity index is 2.10. The van der Waals surface area contributed by atoms with Crippen molar-refractivity contribution in [1.29, 1.82) is 0 Å². The maximum Gasteiger partial charge on any atom is 0.280 e. The van der Waals surface area contributed by atoms with Crippen LogP contribution in [-0.2, 0) is 10.2 Å². The number of halogens is 1. The molecule has 1 fully saturated rings. The van der Waals surface area contributed by atoms with Gasteiger partial charge in [-0.05, 0) is 37.5 Å². The molecule has 0 spiro atoms. The minimum atomic E-state index is -3.59. The fraction of sp³-hybridized carbons (Fsp3) is 0.571. The molecule has 0 radical (unpaired) electrons. The highest BCUT2D eigenvalue weighted by Gasteiger charge is 2.32. The molecule has 0 aromatic heterocycles. The SMILES string of the molecule is CC(NS(=O)(=O)N1CCCCC1CO)c1ccc(Br)cc1. The summed E-state index contributed by atoms with van der Waals surface area (Å²) < 4.78 is 30.0. The predicted octanol–water partition coefficient (Wildman–Crippen LogP) is 2.19. The zero-order valence-corrected chi connectivity index (χ0v) is 14.4. The van der Waals surface area contributed by atoms with Gasteiger partial charge < -0.3 is 5.11 Å². The first-order valence-corrected chi connectivity index (χ1v) is 9.33. The zero-order valence-electron chi connectivity index (χ0n) is 12.0. The maximum atomic E-state index is 12.5. The van der Waals surface area contributed by atoms with Gasteiger partial charge in [0.2, 0.25) is 0 Å². The summed E-state index contributed by atoms with van der Waals surface area (Å²) in [6, 6.07) is 6.92. The molecule has 0 amide bonds. The van der Waals surface area contributed by atoms with Crippen LogP contribution in [0, 0.1) is 0 Å². The van der Waals surface area contributed by atoms with Crippen molar-refractivity contribution in [2.75, 3.05) is 13.2 Å². The van der Waals surface area contributed by atoms with E-state index in [1.807, 2.05) is 31.2 Å². The van der Waals surface area contributed by atoms with Crippen LogP contribution in [-0.4, -0.2) is 37.0 Å². The van der Waals surface area contributed by atoms with E-state index < -0.39 is 10.2 Å². The third kappa shape index (κ3) is 4.26. The first-order chi connectivity index (χ1) is 9.94. The molecule has 7 heteroatoms. The summed E-state index contributed by atoms with van der Waals surface area (Å²) >= 11 is 3.36. The Morgan fingerprint density at radius 2 is 2.05 bits per heavy atom. The van der Waals surface area contributed by atoms with E-state index in [1.165, 1.54) is 4.31 Å². The summed E-state index contributed by atoms with van der Waals surface area (Å²) in [5, 5.41) is 9.37. The van der Waals surface area contributed by atoms with E-state index in [2.05, 4.69) is 20.7 Å². The molecule has 2 N–H and O–H groups in total. The molecule has 21 heavy (non-hydrogen) atoms. The van der Waals surface area contributed by atoms with Crippen LogP contribution >= 0.6 is 15.9 Å². The van der Waals surface area contributed by atoms with E-state index >= 15 is 0 Å². The Kier molecular flexibility index (Phi) is 5.79. The Labute approximate surface area is 134 Å². The Hall–Kier alpha value is -0.470. The second-order valence-electron chi connectivity index (χ2n) is 5.34. The van der Waals surface area contributed by atoms with E-state index in [0.29, 0.717) is 13.0 Å². The fourth-order valence-electron chi connectivity index (χ4n) is 2.58. The smallest absolute Gasteiger partial charge is 0.280 e. The molecule has 1 aliphatic rings. The summed E-state index contributed by atoms with van der Waals surface area (Å²) in [5.74, 6) is 0. The molecule has 0 aliphatic carbocycles. The van der Waals surface area contributed by atoms with Gasteiger partial charge in [0.15, 0.2) is 0 Å². The lowest BCUT2D eigenvalue weighted by Crippen LogP contribution is -2.50. The number of piperidine rings is 1. The van der Waals surface area contributed by atoms with Gasteiger partial charge in [0.05, 0.1) is 6.61 Å². The van der Waals surface area contributed by atoms with Gasteiger partial charge in [-0.15, -0.1) is 0 Å². The standard InChI is InChI=1S/C14H21BrN2O3S/c1-11(12-5-7-13(15)8-6-12)16-21(19,20)17-9-3-2-4-14(17)10-18/h5-8,11,14,16,18H,2-4,9-10H2,1H3. The topological polar surface area (TPSA) is 69.6 Å². The Morgan fingerprint density at radius 1 is 1.38 bits per heavy atom. The Bertz CT molecular complexity index is 562. The minimum absolute atomic E-state index is 0.131. The van der Waals surface area contributed by atoms with Crippen LogP contribution in [0.5, 0.6) is 0 Å². The third-order valence-corrected chi connectivity index (χ3v) is 6.07. The van der Waals surface area contributed by atoms with Gasteiger partial charge in [-0.3, -0.25) is 0 Å². The predicted molar refractivity (Wildman–Crippen MR) is 86.0 cm³/mol. The quantitative estimate of drug-likeness (QED) is 0.827. The number of rotatable bonds is 5. The molecule has 0 saturated carbocycles. The molecular weight excluding hydrogens is 356 g/mol. The molecule has 5 nitrogen and oxygen atoms in total. The van der Waals surface area contributed by atoms with Crippen molar-refractivity contribution < 1.29 is 13.5 Å². The van der Waals surface area contributed by atoms with Crippen LogP contribution in [0.2, 0.25) is 0 Å². The summed E-state index contributed by atoms with van der Waals surface area (Å²) in [5.41, 5.74) is 0.902. The van der Waals surface area contributed by atoms with E-state index in [9.17, 15) is 13.5 Å². The highest BCUT2D eigenvalue weighted by Crippen LogP contribution is 2.22. The summed E-state index contributed by atoms with van der Waals surface area (Å²) in [6.07, 6.45) is 2.51. The molecule has 118 valence electrons. The molecule has 1 aromatic carbocycles. The maximum absolute atomic E-state index is 12.5. The summed E-state index contributed by atoms with van der Waals surface area (Å²) in [6.45, 7) is 2.15. The van der Waals surface area contributed by atoms with Crippen LogP contribution in [0.4, 0.5) is 0 Å². The van der Waals surface area contributed by atoms with Gasteiger partial charge in [0, 0.05) is 23.1 Å². The van der Waals surface area contributed by atoms with Gasteiger partial charge in [-0.1, -0.05) is 34.5 Å². The lowest BCUT2D eigenvalue weighted by molar-refractivity contribution is 0.153. The van der Waals surface area contributed by atoms with Crippen molar-refractivity contribution in [2.45, 2.75) is 38.3 Å². The molecule has 2 atom stereocenters. The summed E-state index contributed by atoms with van der Waals surface area (Å²) in [4.78, 5) is 0. The molecule has 0 bridgehead atoms. The molecule has 1 saturated heterocycles. The number of benzene rings is 1. The molecule has 2 unspecified atom stereocenters. The minimum Gasteiger partial charge on any atom is -0.395 e. The van der Waals surface area contributed by atoms with Crippen LogP contribution in [0.3, 0.4) is 0 Å². The van der Waals surface area contributed by atoms with Gasteiger partial charge in [0.25, 0.3) is 10.2 Å². The second kappa shape index (κ2) is 7.19. The monoisotopic (exact) mass is 376 g/mol. The largest absolute Gasteiger partial charge is 0.395 e. The zero-order chi connectivity index (χ0) is 15.5. The van der Waals surface area contributed by atoms with Crippen molar-refractivity contribution in [3.63, 3.8) is 0 Å². The van der Waals surface area contributed by atoms with Gasteiger partial charge in [0.1, 0.15) is 0 Å². The van der Waals surface area contributed by atoms with Crippen LogP contribution < -0.4 is 4.72 Å². The third-order valence-electron chi connectivity index (χ3n) is 3.79. The molecule has 1 aromatic rings. The van der Waals surface area contributed by atoms with E-state index in [4.69, 9.17) is 0 Å². The van der Waals surface area contributed by atoms with Crippen molar-refractivity contribution in [3.8, 4) is 0 Å². The summed E-state index contributed by atoms with van der Waals surface area (Å²) in [7, 11) is -3.59. The first-order valence-electron chi connectivity index (χ1n) is 7.09. The van der Waals surface area contributed by atoms with Crippen molar-refractivity contribution >= 4 is 26.1 Å².